The molecule has 0 saturated heterocycles. The van der Waals surface area contributed by atoms with Gasteiger partial charge in [-0.25, -0.2) is 4.79 Å². The molecule has 0 bridgehead atoms. The average Bonchev–Trinajstić information content (AvgIpc) is 2.17. The van der Waals surface area contributed by atoms with Crippen LogP contribution in [0.15, 0.2) is 24.8 Å². The second-order valence-corrected chi connectivity index (χ2v) is 3.82. The molecule has 1 fully saturated rings. The quantitative estimate of drug-likeness (QED) is 0.534. The molecule has 1 aliphatic rings. The predicted molar refractivity (Wildman–Crippen MR) is 53.9 cm³/mol. The molecule has 3 heteroatoms. The summed E-state index contributed by atoms with van der Waals surface area (Å²) >= 11 is 0. The van der Waals surface area contributed by atoms with Crippen molar-refractivity contribution in [1.82, 2.24) is 0 Å². The van der Waals surface area contributed by atoms with Gasteiger partial charge in [-0.3, -0.25) is 0 Å². The van der Waals surface area contributed by atoms with Crippen LogP contribution < -0.4 is 0 Å². The molecule has 14 heavy (non-hydrogen) atoms. The van der Waals surface area contributed by atoms with Gasteiger partial charge in [0.25, 0.3) is 0 Å². The van der Waals surface area contributed by atoms with Gasteiger partial charge in [-0.05, 0) is 12.8 Å². The van der Waals surface area contributed by atoms with Crippen molar-refractivity contribution in [3.05, 3.63) is 24.8 Å². The van der Waals surface area contributed by atoms with E-state index in [1.807, 2.05) is 0 Å². The van der Waals surface area contributed by atoms with E-state index in [1.165, 1.54) is 6.08 Å². The van der Waals surface area contributed by atoms with Crippen LogP contribution in [0, 0.1) is 5.92 Å². The van der Waals surface area contributed by atoms with E-state index in [1.54, 1.807) is 0 Å². The van der Waals surface area contributed by atoms with Gasteiger partial charge in [0, 0.05) is 11.5 Å². The van der Waals surface area contributed by atoms with Crippen LogP contribution in [-0.2, 0) is 4.79 Å². The third-order valence-corrected chi connectivity index (χ3v) is 2.97. The van der Waals surface area contributed by atoms with E-state index in [0.29, 0.717) is 12.8 Å². The number of hydrogen-bond acceptors (Lipinski definition) is 2. The maximum absolute atomic E-state index is 10.8. The molecule has 78 valence electrons. The zero-order chi connectivity index (χ0) is 10.8. The van der Waals surface area contributed by atoms with Gasteiger partial charge in [-0.1, -0.05) is 25.5 Å². The van der Waals surface area contributed by atoms with Crippen LogP contribution in [0.1, 0.15) is 25.7 Å². The summed E-state index contributed by atoms with van der Waals surface area (Å²) < 4.78 is 0. The molecule has 0 aromatic carbocycles. The maximum Gasteiger partial charge on any atom is 0.331 e. The van der Waals surface area contributed by atoms with E-state index in [2.05, 4.69) is 13.2 Å². The molecule has 0 aliphatic heterocycles. The maximum atomic E-state index is 10.8. The standard InChI is InChI=1S/C11H16O3/c1-3-11(14)7-5-4-6-9(11)8(2)10(12)13/h3,9,14H,1-2,4-7H2,(H,12,13). The highest BCUT2D eigenvalue weighted by Crippen LogP contribution is 2.38. The Labute approximate surface area is 83.8 Å². The van der Waals surface area contributed by atoms with Gasteiger partial charge >= 0.3 is 5.97 Å². The van der Waals surface area contributed by atoms with Crippen LogP contribution in [0.3, 0.4) is 0 Å². The number of carboxylic acids is 1. The second-order valence-electron chi connectivity index (χ2n) is 3.82. The van der Waals surface area contributed by atoms with E-state index < -0.39 is 11.6 Å². The van der Waals surface area contributed by atoms with E-state index in [-0.39, 0.29) is 11.5 Å². The summed E-state index contributed by atoms with van der Waals surface area (Å²) in [5.74, 6) is -1.41. The molecule has 3 nitrogen and oxygen atoms in total. The molecule has 0 heterocycles. The first kappa shape index (κ1) is 11.0. The first-order valence-electron chi connectivity index (χ1n) is 4.79. The number of rotatable bonds is 3. The van der Waals surface area contributed by atoms with Crippen molar-refractivity contribution >= 4 is 5.97 Å². The normalized spacial score (nSPS) is 32.2. The van der Waals surface area contributed by atoms with Crippen molar-refractivity contribution in [2.45, 2.75) is 31.3 Å². The summed E-state index contributed by atoms with van der Waals surface area (Å²) in [4.78, 5) is 10.8. The topological polar surface area (TPSA) is 57.5 Å². The van der Waals surface area contributed by atoms with Crippen LogP contribution in [0.2, 0.25) is 0 Å². The van der Waals surface area contributed by atoms with Gasteiger partial charge in [0.1, 0.15) is 0 Å². The zero-order valence-corrected chi connectivity index (χ0v) is 8.20. The summed E-state index contributed by atoms with van der Waals surface area (Å²) in [5.41, 5.74) is -0.986. The smallest absolute Gasteiger partial charge is 0.331 e. The number of carboxylic acid groups (broad SMARTS) is 1. The molecule has 2 atom stereocenters. The molecule has 0 aromatic rings. The highest BCUT2D eigenvalue weighted by molar-refractivity contribution is 5.86. The summed E-state index contributed by atoms with van der Waals surface area (Å²) in [7, 11) is 0. The fraction of sp³-hybridized carbons (Fsp3) is 0.545. The highest BCUT2D eigenvalue weighted by Gasteiger charge is 2.39. The van der Waals surface area contributed by atoms with Crippen LogP contribution in [-0.4, -0.2) is 21.8 Å². The Morgan fingerprint density at radius 1 is 1.50 bits per heavy atom. The molecule has 1 rings (SSSR count). The Bertz CT molecular complexity index is 270. The Hall–Kier alpha value is -1.09. The zero-order valence-electron chi connectivity index (χ0n) is 8.20. The lowest BCUT2D eigenvalue weighted by molar-refractivity contribution is -0.134. The Kier molecular flexibility index (Phi) is 3.11. The molecule has 0 spiro atoms. The number of hydrogen-bond donors (Lipinski definition) is 2. The molecule has 2 N–H and O–H groups in total. The van der Waals surface area contributed by atoms with E-state index in [4.69, 9.17) is 5.11 Å². The molecule has 1 saturated carbocycles. The van der Waals surface area contributed by atoms with Gasteiger partial charge in [-0.2, -0.15) is 0 Å². The lowest BCUT2D eigenvalue weighted by Gasteiger charge is -2.37. The monoisotopic (exact) mass is 196 g/mol. The van der Waals surface area contributed by atoms with E-state index in [9.17, 15) is 9.90 Å². The average molecular weight is 196 g/mol. The number of aliphatic hydroxyl groups is 1. The minimum absolute atomic E-state index is 0.0899. The first-order valence-corrected chi connectivity index (χ1v) is 4.79. The van der Waals surface area contributed by atoms with Crippen molar-refractivity contribution in [1.29, 1.82) is 0 Å². The summed E-state index contributed by atoms with van der Waals surface area (Å²) in [5, 5.41) is 18.9. The number of carbonyl (C=O) groups is 1. The van der Waals surface area contributed by atoms with Gasteiger partial charge < -0.3 is 10.2 Å². The largest absolute Gasteiger partial charge is 0.478 e. The van der Waals surface area contributed by atoms with Gasteiger partial charge in [0.2, 0.25) is 0 Å². The van der Waals surface area contributed by atoms with Crippen molar-refractivity contribution < 1.29 is 15.0 Å². The summed E-state index contributed by atoms with van der Waals surface area (Å²) in [6, 6.07) is 0. The third-order valence-electron chi connectivity index (χ3n) is 2.97. The van der Waals surface area contributed by atoms with Crippen LogP contribution in [0.25, 0.3) is 0 Å². The van der Waals surface area contributed by atoms with Gasteiger partial charge in [0.15, 0.2) is 0 Å². The van der Waals surface area contributed by atoms with Crippen LogP contribution in [0.5, 0.6) is 0 Å². The molecule has 0 amide bonds. The van der Waals surface area contributed by atoms with Crippen LogP contribution >= 0.6 is 0 Å². The second kappa shape index (κ2) is 3.96. The van der Waals surface area contributed by atoms with Gasteiger partial charge in [-0.15, -0.1) is 6.58 Å². The van der Waals surface area contributed by atoms with Gasteiger partial charge in [0.05, 0.1) is 5.60 Å². The fourth-order valence-electron chi connectivity index (χ4n) is 2.05. The molecule has 1 aliphatic carbocycles. The van der Waals surface area contributed by atoms with Crippen molar-refractivity contribution in [2.24, 2.45) is 5.92 Å². The van der Waals surface area contributed by atoms with Crippen molar-refractivity contribution in [3.63, 3.8) is 0 Å². The molecule has 0 radical (unpaired) electrons. The van der Waals surface area contributed by atoms with E-state index >= 15 is 0 Å². The molecular formula is C11H16O3. The van der Waals surface area contributed by atoms with Crippen molar-refractivity contribution in [2.75, 3.05) is 0 Å². The van der Waals surface area contributed by atoms with Crippen molar-refractivity contribution in [3.8, 4) is 0 Å². The Balaban J connectivity index is 2.88. The first-order chi connectivity index (χ1) is 6.51. The van der Waals surface area contributed by atoms with E-state index in [0.717, 1.165) is 12.8 Å². The molecular weight excluding hydrogens is 180 g/mol. The SMILES string of the molecule is C=CC1(O)CCCCC1C(=C)C(=O)O. The summed E-state index contributed by atoms with van der Waals surface area (Å²) in [6.07, 6.45) is 4.55. The number of aliphatic carboxylic acids is 1. The van der Waals surface area contributed by atoms with Crippen LogP contribution in [0.4, 0.5) is 0 Å². The molecule has 2 unspecified atom stereocenters. The lowest BCUT2D eigenvalue weighted by atomic mass is 9.72. The summed E-state index contributed by atoms with van der Waals surface area (Å²) in [6.45, 7) is 7.08. The minimum atomic E-state index is -1.08. The lowest BCUT2D eigenvalue weighted by Crippen LogP contribution is -2.40. The third kappa shape index (κ3) is 1.87. The Morgan fingerprint density at radius 3 is 2.64 bits per heavy atom. The predicted octanol–water partition coefficient (Wildman–Crippen LogP) is 1.73. The molecule has 0 aromatic heterocycles. The highest BCUT2D eigenvalue weighted by atomic mass is 16.4. The fourth-order valence-corrected chi connectivity index (χ4v) is 2.05. The minimum Gasteiger partial charge on any atom is -0.478 e. The Morgan fingerprint density at radius 2 is 2.14 bits per heavy atom.